The molecule has 120 valence electrons. The molecule has 0 amide bonds. The summed E-state index contributed by atoms with van der Waals surface area (Å²) in [6, 6.07) is 0. The Bertz CT molecular complexity index is 499. The Morgan fingerprint density at radius 2 is 2.23 bits per heavy atom. The molecule has 0 spiro atoms. The van der Waals surface area contributed by atoms with E-state index in [4.69, 9.17) is 4.74 Å². The summed E-state index contributed by atoms with van der Waals surface area (Å²) in [6.07, 6.45) is 12.8. The van der Waals surface area contributed by atoms with E-state index in [-0.39, 0.29) is 6.10 Å². The van der Waals surface area contributed by atoms with Crippen LogP contribution in [-0.4, -0.2) is 41.0 Å². The van der Waals surface area contributed by atoms with E-state index in [1.165, 1.54) is 25.7 Å². The summed E-state index contributed by atoms with van der Waals surface area (Å²) < 4.78 is 5.58. The second kappa shape index (κ2) is 8.08. The van der Waals surface area contributed by atoms with Gasteiger partial charge in [-0.2, -0.15) is 10.1 Å². The van der Waals surface area contributed by atoms with Gasteiger partial charge in [-0.25, -0.2) is 0 Å². The van der Waals surface area contributed by atoms with Crippen LogP contribution in [0.1, 0.15) is 44.9 Å². The smallest absolute Gasteiger partial charge is 0.244 e. The van der Waals surface area contributed by atoms with E-state index in [0.717, 1.165) is 44.8 Å². The van der Waals surface area contributed by atoms with E-state index in [0.29, 0.717) is 5.95 Å². The lowest BCUT2D eigenvalue weighted by molar-refractivity contribution is 0.120. The third-order valence-electron chi connectivity index (χ3n) is 4.21. The summed E-state index contributed by atoms with van der Waals surface area (Å²) in [5, 5.41) is 14.6. The van der Waals surface area contributed by atoms with E-state index in [1.54, 1.807) is 11.8 Å². The Kier molecular flexibility index (Phi) is 5.59. The molecular weight excluding hydrogens is 278 g/mol. The van der Waals surface area contributed by atoms with Gasteiger partial charge in [-0.05, 0) is 44.9 Å². The monoisotopic (exact) mass is 303 g/mol. The fourth-order valence-electron chi connectivity index (χ4n) is 2.96. The molecule has 1 atom stereocenters. The average molecular weight is 303 g/mol. The lowest BCUT2D eigenvalue weighted by Gasteiger charge is -2.13. The molecule has 22 heavy (non-hydrogen) atoms. The minimum atomic E-state index is 0.276. The van der Waals surface area contributed by atoms with Crippen LogP contribution in [0.15, 0.2) is 17.8 Å². The second-order valence-electron chi connectivity index (χ2n) is 5.97. The summed E-state index contributed by atoms with van der Waals surface area (Å²) in [7, 11) is 0. The molecule has 2 heterocycles. The van der Waals surface area contributed by atoms with Crippen molar-refractivity contribution in [3.63, 3.8) is 0 Å². The van der Waals surface area contributed by atoms with Crippen LogP contribution in [0.25, 0.3) is 0 Å². The molecule has 0 saturated carbocycles. The molecule has 1 aliphatic carbocycles. The molecule has 1 aromatic rings. The standard InChI is InChI=1S/C16H25N5O/c1-2-5-13(6-3-1)8-9-17-15-12-19-21-16(20-15)18-11-14-7-4-10-22-14/h5,12,14H,1-4,6-11H2,(H2,17,18,20,21). The van der Waals surface area contributed by atoms with Crippen LogP contribution in [0.3, 0.4) is 0 Å². The minimum absolute atomic E-state index is 0.276. The van der Waals surface area contributed by atoms with E-state index in [1.807, 2.05) is 0 Å². The zero-order valence-electron chi connectivity index (χ0n) is 13.1. The molecule has 1 fully saturated rings. The molecular formula is C16H25N5O. The molecule has 0 bridgehead atoms. The highest BCUT2D eigenvalue weighted by atomic mass is 16.5. The van der Waals surface area contributed by atoms with Crippen molar-refractivity contribution in [3.05, 3.63) is 17.8 Å². The molecule has 0 radical (unpaired) electrons. The zero-order valence-corrected chi connectivity index (χ0v) is 13.1. The van der Waals surface area contributed by atoms with E-state index < -0.39 is 0 Å². The van der Waals surface area contributed by atoms with Gasteiger partial charge in [-0.15, -0.1) is 5.10 Å². The van der Waals surface area contributed by atoms with Crippen molar-refractivity contribution in [3.8, 4) is 0 Å². The molecule has 6 nitrogen and oxygen atoms in total. The number of allylic oxidation sites excluding steroid dienone is 1. The van der Waals surface area contributed by atoms with Gasteiger partial charge in [0.2, 0.25) is 5.95 Å². The maximum absolute atomic E-state index is 5.58. The highest BCUT2D eigenvalue weighted by Crippen LogP contribution is 2.20. The first-order valence-electron chi connectivity index (χ1n) is 8.37. The van der Waals surface area contributed by atoms with Gasteiger partial charge in [0.25, 0.3) is 0 Å². The Hall–Kier alpha value is -1.69. The van der Waals surface area contributed by atoms with Gasteiger partial charge in [0.15, 0.2) is 5.82 Å². The molecule has 1 aliphatic heterocycles. The highest BCUT2D eigenvalue weighted by Gasteiger charge is 2.15. The van der Waals surface area contributed by atoms with Crippen LogP contribution >= 0.6 is 0 Å². The molecule has 1 unspecified atom stereocenters. The van der Waals surface area contributed by atoms with Crippen LogP contribution in [0.2, 0.25) is 0 Å². The Balaban J connectivity index is 1.42. The molecule has 0 aromatic carbocycles. The van der Waals surface area contributed by atoms with Gasteiger partial charge in [-0.1, -0.05) is 11.6 Å². The van der Waals surface area contributed by atoms with Crippen molar-refractivity contribution in [1.29, 1.82) is 0 Å². The fourth-order valence-corrected chi connectivity index (χ4v) is 2.96. The van der Waals surface area contributed by atoms with E-state index >= 15 is 0 Å². The summed E-state index contributed by atoms with van der Waals surface area (Å²) in [6.45, 7) is 2.51. The maximum Gasteiger partial charge on any atom is 0.244 e. The van der Waals surface area contributed by atoms with Crippen LogP contribution in [0.5, 0.6) is 0 Å². The molecule has 1 aromatic heterocycles. The zero-order chi connectivity index (χ0) is 15.0. The van der Waals surface area contributed by atoms with Gasteiger partial charge in [-0.3, -0.25) is 0 Å². The number of hydrogen-bond donors (Lipinski definition) is 2. The molecule has 2 N–H and O–H groups in total. The number of aromatic nitrogens is 3. The largest absolute Gasteiger partial charge is 0.376 e. The van der Waals surface area contributed by atoms with Gasteiger partial charge < -0.3 is 15.4 Å². The van der Waals surface area contributed by atoms with Crippen LogP contribution < -0.4 is 10.6 Å². The fraction of sp³-hybridized carbons (Fsp3) is 0.688. The lowest BCUT2D eigenvalue weighted by Crippen LogP contribution is -2.20. The van der Waals surface area contributed by atoms with Gasteiger partial charge in [0.05, 0.1) is 12.3 Å². The normalized spacial score (nSPS) is 21.5. The Morgan fingerprint density at radius 1 is 1.23 bits per heavy atom. The van der Waals surface area contributed by atoms with Crippen molar-refractivity contribution >= 4 is 11.8 Å². The number of anilines is 2. The first-order valence-corrected chi connectivity index (χ1v) is 8.37. The summed E-state index contributed by atoms with van der Waals surface area (Å²) >= 11 is 0. The molecule has 6 heteroatoms. The highest BCUT2D eigenvalue weighted by molar-refractivity contribution is 5.37. The van der Waals surface area contributed by atoms with Crippen LogP contribution in [0, 0.1) is 0 Å². The van der Waals surface area contributed by atoms with Gasteiger partial charge >= 0.3 is 0 Å². The predicted octanol–water partition coefficient (Wildman–Crippen LogP) is 2.76. The second-order valence-corrected chi connectivity index (χ2v) is 5.97. The first-order chi connectivity index (χ1) is 10.9. The van der Waals surface area contributed by atoms with Crippen LogP contribution in [0.4, 0.5) is 11.8 Å². The van der Waals surface area contributed by atoms with Crippen molar-refractivity contribution in [1.82, 2.24) is 15.2 Å². The van der Waals surface area contributed by atoms with E-state index in [9.17, 15) is 0 Å². The summed E-state index contributed by atoms with van der Waals surface area (Å²) in [5.41, 5.74) is 1.57. The topological polar surface area (TPSA) is 72.0 Å². The minimum Gasteiger partial charge on any atom is -0.376 e. The lowest BCUT2D eigenvalue weighted by atomic mass is 9.97. The predicted molar refractivity (Wildman–Crippen MR) is 86.9 cm³/mol. The molecule has 3 rings (SSSR count). The molecule has 1 saturated heterocycles. The van der Waals surface area contributed by atoms with Crippen molar-refractivity contribution < 1.29 is 4.74 Å². The Morgan fingerprint density at radius 3 is 3.05 bits per heavy atom. The van der Waals surface area contributed by atoms with Crippen molar-refractivity contribution in [2.24, 2.45) is 0 Å². The quantitative estimate of drug-likeness (QED) is 0.755. The first kappa shape index (κ1) is 15.2. The number of nitrogens with one attached hydrogen (secondary N) is 2. The van der Waals surface area contributed by atoms with Crippen molar-refractivity contribution in [2.75, 3.05) is 30.3 Å². The summed E-state index contributed by atoms with van der Waals surface area (Å²) in [5.74, 6) is 1.35. The van der Waals surface area contributed by atoms with Crippen LogP contribution in [-0.2, 0) is 4.74 Å². The van der Waals surface area contributed by atoms with Crippen molar-refractivity contribution in [2.45, 2.75) is 51.0 Å². The number of rotatable bonds is 7. The average Bonchev–Trinajstić information content (AvgIpc) is 3.08. The third-order valence-corrected chi connectivity index (χ3v) is 4.21. The molecule has 2 aliphatic rings. The maximum atomic E-state index is 5.58. The number of ether oxygens (including phenoxy) is 1. The van der Waals surface area contributed by atoms with Gasteiger partial charge in [0.1, 0.15) is 0 Å². The Labute approximate surface area is 131 Å². The third kappa shape index (κ3) is 4.66. The number of hydrogen-bond acceptors (Lipinski definition) is 6. The van der Waals surface area contributed by atoms with E-state index in [2.05, 4.69) is 31.9 Å². The SMILES string of the molecule is C1=C(CCNc2cnnc(NCC3CCCO3)n2)CCCC1. The van der Waals surface area contributed by atoms with Gasteiger partial charge in [0, 0.05) is 19.7 Å². The number of nitrogens with zero attached hydrogens (tertiary/aromatic N) is 3. The summed E-state index contributed by atoms with van der Waals surface area (Å²) in [4.78, 5) is 4.45.